The maximum Gasteiger partial charge on any atom is 0.225 e. The van der Waals surface area contributed by atoms with Crippen LogP contribution in [-0.2, 0) is 11.2 Å². The van der Waals surface area contributed by atoms with Gasteiger partial charge in [0.25, 0.3) is 0 Å². The Labute approximate surface area is 116 Å². The summed E-state index contributed by atoms with van der Waals surface area (Å²) in [6.45, 7) is 5.68. The molecule has 1 aromatic rings. The fourth-order valence-electron chi connectivity index (χ4n) is 2.66. The van der Waals surface area contributed by atoms with Crippen LogP contribution in [0.1, 0.15) is 25.3 Å². The van der Waals surface area contributed by atoms with Gasteiger partial charge in [-0.1, -0.05) is 30.3 Å². The Kier molecular flexibility index (Phi) is 5.40. The number of carbonyl (C=O) groups excluding carboxylic acids is 1. The smallest absolute Gasteiger partial charge is 0.225 e. The maximum atomic E-state index is 12.4. The molecule has 0 spiro atoms. The van der Waals surface area contributed by atoms with Crippen LogP contribution in [0.4, 0.5) is 0 Å². The van der Waals surface area contributed by atoms with Gasteiger partial charge in [-0.15, -0.1) is 0 Å². The minimum absolute atomic E-state index is 0.233. The molecule has 1 heterocycles. The van der Waals surface area contributed by atoms with Crippen LogP contribution in [0.3, 0.4) is 0 Å². The van der Waals surface area contributed by atoms with Crippen LogP contribution < -0.4 is 5.32 Å². The van der Waals surface area contributed by atoms with Crippen LogP contribution >= 0.6 is 0 Å². The molecule has 1 aromatic carbocycles. The van der Waals surface area contributed by atoms with E-state index >= 15 is 0 Å². The molecular weight excluding hydrogens is 236 g/mol. The summed E-state index contributed by atoms with van der Waals surface area (Å²) in [7, 11) is 0. The third-order valence-electron chi connectivity index (χ3n) is 3.90. The van der Waals surface area contributed by atoms with E-state index in [0.29, 0.717) is 5.91 Å². The van der Waals surface area contributed by atoms with Crippen LogP contribution in [0.2, 0.25) is 0 Å². The number of likely N-dealkylation sites (N-methyl/N-ethyl adjacent to an activating group) is 1. The number of amides is 1. The van der Waals surface area contributed by atoms with Gasteiger partial charge in [-0.2, -0.15) is 0 Å². The highest BCUT2D eigenvalue weighted by molar-refractivity contribution is 5.79. The molecule has 0 bridgehead atoms. The van der Waals surface area contributed by atoms with Crippen LogP contribution in [0.15, 0.2) is 30.3 Å². The van der Waals surface area contributed by atoms with Gasteiger partial charge in [-0.25, -0.2) is 0 Å². The third kappa shape index (κ3) is 4.06. The fourth-order valence-corrected chi connectivity index (χ4v) is 2.66. The molecule has 0 atom stereocenters. The number of nitrogens with zero attached hydrogens (tertiary/aromatic N) is 1. The molecule has 19 heavy (non-hydrogen) atoms. The van der Waals surface area contributed by atoms with Crippen LogP contribution in [-0.4, -0.2) is 37.0 Å². The van der Waals surface area contributed by atoms with Gasteiger partial charge in [0.15, 0.2) is 0 Å². The first-order valence-electron chi connectivity index (χ1n) is 7.34. The number of benzene rings is 1. The molecule has 0 radical (unpaired) electrons. The van der Waals surface area contributed by atoms with E-state index in [9.17, 15) is 4.79 Å². The van der Waals surface area contributed by atoms with E-state index in [2.05, 4.69) is 36.5 Å². The van der Waals surface area contributed by atoms with Gasteiger partial charge in [0.2, 0.25) is 5.91 Å². The molecule has 0 aliphatic carbocycles. The predicted octanol–water partition coefficient (Wildman–Crippen LogP) is 2.08. The second-order valence-electron chi connectivity index (χ2n) is 5.18. The summed E-state index contributed by atoms with van der Waals surface area (Å²) in [4.78, 5) is 14.5. The third-order valence-corrected chi connectivity index (χ3v) is 3.90. The topological polar surface area (TPSA) is 32.3 Å². The lowest BCUT2D eigenvalue weighted by atomic mass is 9.96. The van der Waals surface area contributed by atoms with Crippen molar-refractivity contribution in [1.82, 2.24) is 10.2 Å². The van der Waals surface area contributed by atoms with Gasteiger partial charge in [0.05, 0.1) is 0 Å². The summed E-state index contributed by atoms with van der Waals surface area (Å²) in [5.74, 6) is 0.580. The lowest BCUT2D eigenvalue weighted by Crippen LogP contribution is -2.41. The largest absolute Gasteiger partial charge is 0.342 e. The second kappa shape index (κ2) is 7.29. The molecule has 1 N–H and O–H groups in total. The number of rotatable bonds is 5. The second-order valence-corrected chi connectivity index (χ2v) is 5.18. The van der Waals surface area contributed by atoms with E-state index in [1.165, 1.54) is 5.56 Å². The average molecular weight is 260 g/mol. The molecule has 1 saturated heterocycles. The molecule has 1 fully saturated rings. The van der Waals surface area contributed by atoms with Crippen LogP contribution in [0, 0.1) is 5.92 Å². The Morgan fingerprint density at radius 1 is 1.26 bits per heavy atom. The lowest BCUT2D eigenvalue weighted by Gasteiger charge is -2.29. The van der Waals surface area contributed by atoms with Crippen molar-refractivity contribution >= 4 is 5.91 Å². The first-order chi connectivity index (χ1) is 9.31. The van der Waals surface area contributed by atoms with Gasteiger partial charge < -0.3 is 10.2 Å². The molecule has 0 unspecified atom stereocenters. The Morgan fingerprint density at radius 3 is 2.58 bits per heavy atom. The number of nitrogens with one attached hydrogen (secondary N) is 1. The van der Waals surface area contributed by atoms with Gasteiger partial charge in [-0.3, -0.25) is 4.79 Å². The highest BCUT2D eigenvalue weighted by Crippen LogP contribution is 2.15. The van der Waals surface area contributed by atoms with Crippen molar-refractivity contribution in [2.45, 2.75) is 26.2 Å². The molecule has 1 amide bonds. The van der Waals surface area contributed by atoms with E-state index in [1.54, 1.807) is 0 Å². The van der Waals surface area contributed by atoms with Crippen LogP contribution in [0.25, 0.3) is 0 Å². The predicted molar refractivity (Wildman–Crippen MR) is 78.0 cm³/mol. The summed E-state index contributed by atoms with van der Waals surface area (Å²) in [6.07, 6.45) is 2.92. The molecule has 0 aromatic heterocycles. The van der Waals surface area contributed by atoms with Crippen molar-refractivity contribution < 1.29 is 4.79 Å². The first kappa shape index (κ1) is 14.1. The Hall–Kier alpha value is -1.35. The molecule has 3 heteroatoms. The number of carbonyl (C=O) groups is 1. The summed E-state index contributed by atoms with van der Waals surface area (Å²) in [5.41, 5.74) is 1.30. The van der Waals surface area contributed by atoms with E-state index in [1.807, 2.05) is 11.0 Å². The van der Waals surface area contributed by atoms with Gasteiger partial charge >= 0.3 is 0 Å². The van der Waals surface area contributed by atoms with E-state index in [-0.39, 0.29) is 5.92 Å². The quantitative estimate of drug-likeness (QED) is 0.879. The van der Waals surface area contributed by atoms with Gasteiger partial charge in [0.1, 0.15) is 0 Å². The minimum Gasteiger partial charge on any atom is -0.342 e. The molecule has 0 saturated carbocycles. The zero-order chi connectivity index (χ0) is 13.5. The van der Waals surface area contributed by atoms with Crippen molar-refractivity contribution in [3.8, 4) is 0 Å². The Bertz CT molecular complexity index is 385. The highest BCUT2D eigenvalue weighted by atomic mass is 16.2. The monoisotopic (exact) mass is 260 g/mol. The molecule has 2 rings (SSSR count). The van der Waals surface area contributed by atoms with Crippen LogP contribution in [0.5, 0.6) is 0 Å². The summed E-state index contributed by atoms with van der Waals surface area (Å²) >= 11 is 0. The summed E-state index contributed by atoms with van der Waals surface area (Å²) in [6, 6.07) is 10.4. The van der Waals surface area contributed by atoms with Crippen molar-refractivity contribution in [2.75, 3.05) is 26.2 Å². The molecule has 3 nitrogen and oxygen atoms in total. The number of piperidine rings is 1. The standard InChI is InChI=1S/C16H24N2O/c1-2-18(13-10-14-6-4-3-5-7-14)16(19)15-8-11-17-12-9-15/h3-7,15,17H,2,8-13H2,1H3. The van der Waals surface area contributed by atoms with Gasteiger partial charge in [-0.05, 0) is 44.8 Å². The first-order valence-corrected chi connectivity index (χ1v) is 7.34. The van der Waals surface area contributed by atoms with E-state index < -0.39 is 0 Å². The van der Waals surface area contributed by atoms with E-state index in [0.717, 1.165) is 45.4 Å². The number of hydrogen-bond acceptors (Lipinski definition) is 2. The molecular formula is C16H24N2O. The summed E-state index contributed by atoms with van der Waals surface area (Å²) < 4.78 is 0. The van der Waals surface area contributed by atoms with E-state index in [4.69, 9.17) is 0 Å². The van der Waals surface area contributed by atoms with Crippen molar-refractivity contribution in [3.63, 3.8) is 0 Å². The fraction of sp³-hybridized carbons (Fsp3) is 0.562. The summed E-state index contributed by atoms with van der Waals surface area (Å²) in [5, 5.41) is 3.31. The van der Waals surface area contributed by atoms with Crippen molar-refractivity contribution in [3.05, 3.63) is 35.9 Å². The minimum atomic E-state index is 0.233. The molecule has 104 valence electrons. The SMILES string of the molecule is CCN(CCc1ccccc1)C(=O)C1CCNCC1. The Morgan fingerprint density at radius 2 is 1.95 bits per heavy atom. The molecule has 1 aliphatic heterocycles. The van der Waals surface area contributed by atoms with Crippen molar-refractivity contribution in [1.29, 1.82) is 0 Å². The highest BCUT2D eigenvalue weighted by Gasteiger charge is 2.24. The zero-order valence-electron chi connectivity index (χ0n) is 11.8. The maximum absolute atomic E-state index is 12.4. The average Bonchev–Trinajstić information content (AvgIpc) is 2.49. The van der Waals surface area contributed by atoms with Crippen molar-refractivity contribution in [2.24, 2.45) is 5.92 Å². The Balaban J connectivity index is 1.86. The zero-order valence-corrected chi connectivity index (χ0v) is 11.8. The molecule has 1 aliphatic rings. The number of hydrogen-bond donors (Lipinski definition) is 1. The van der Waals surface area contributed by atoms with Gasteiger partial charge in [0, 0.05) is 19.0 Å². The lowest BCUT2D eigenvalue weighted by molar-refractivity contribution is -0.136. The normalized spacial score (nSPS) is 16.3.